The Morgan fingerprint density at radius 1 is 1.03 bits per heavy atom. The highest BCUT2D eigenvalue weighted by Gasteiger charge is 2.38. The molecule has 2 aromatic carbocycles. The number of anilines is 1. The van der Waals surface area contributed by atoms with E-state index in [-0.39, 0.29) is 30.4 Å². The molecule has 32 heavy (non-hydrogen) atoms. The molecule has 0 aromatic heterocycles. The molecule has 7 heteroatoms. The molecular formula is C25H25N3O4. The molecule has 4 aliphatic rings. The SMILES string of the molecule is O=C(Nc1cccc2c1CN(C1CC1)C2)c1ccc2c(c1)C(=O)N(C[C@@H]1CCCO1)C2=O. The molecule has 0 unspecified atom stereocenters. The van der Waals surface area contributed by atoms with Gasteiger partial charge in [-0.15, -0.1) is 0 Å². The van der Waals surface area contributed by atoms with Gasteiger partial charge in [0.25, 0.3) is 17.7 Å². The lowest BCUT2D eigenvalue weighted by Crippen LogP contribution is -2.36. The van der Waals surface area contributed by atoms with Crippen molar-refractivity contribution in [2.45, 2.75) is 50.9 Å². The van der Waals surface area contributed by atoms with Crippen LogP contribution in [0, 0.1) is 0 Å². The Kier molecular flexibility index (Phi) is 4.62. The maximum Gasteiger partial charge on any atom is 0.261 e. The fourth-order valence-corrected chi connectivity index (χ4v) is 5.05. The van der Waals surface area contributed by atoms with Gasteiger partial charge in [-0.05, 0) is 61.1 Å². The quantitative estimate of drug-likeness (QED) is 0.736. The van der Waals surface area contributed by atoms with Gasteiger partial charge in [0.15, 0.2) is 0 Å². The molecular weight excluding hydrogens is 406 g/mol. The van der Waals surface area contributed by atoms with Crippen molar-refractivity contribution in [2.75, 3.05) is 18.5 Å². The first-order valence-electron chi connectivity index (χ1n) is 11.4. The molecule has 7 nitrogen and oxygen atoms in total. The van der Waals surface area contributed by atoms with Crippen LogP contribution in [0.2, 0.25) is 0 Å². The minimum atomic E-state index is -0.351. The maximum absolute atomic E-state index is 13.0. The number of amides is 3. The van der Waals surface area contributed by atoms with Gasteiger partial charge in [-0.2, -0.15) is 0 Å². The number of hydrogen-bond donors (Lipinski definition) is 1. The molecule has 164 valence electrons. The first-order chi connectivity index (χ1) is 15.6. The van der Waals surface area contributed by atoms with E-state index in [1.165, 1.54) is 28.9 Å². The van der Waals surface area contributed by atoms with Crippen molar-refractivity contribution in [3.63, 3.8) is 0 Å². The first-order valence-corrected chi connectivity index (χ1v) is 11.4. The predicted molar refractivity (Wildman–Crippen MR) is 117 cm³/mol. The summed E-state index contributed by atoms with van der Waals surface area (Å²) in [5.41, 5.74) is 4.26. The van der Waals surface area contributed by atoms with Crippen molar-refractivity contribution < 1.29 is 19.1 Å². The van der Waals surface area contributed by atoms with Crippen LogP contribution in [0.25, 0.3) is 0 Å². The Morgan fingerprint density at radius 3 is 2.66 bits per heavy atom. The van der Waals surface area contributed by atoms with E-state index in [1.807, 2.05) is 12.1 Å². The molecule has 2 aromatic rings. The summed E-state index contributed by atoms with van der Waals surface area (Å²) in [7, 11) is 0. The van der Waals surface area contributed by atoms with Crippen LogP contribution >= 0.6 is 0 Å². The van der Waals surface area contributed by atoms with E-state index in [1.54, 1.807) is 18.2 Å². The Bertz CT molecular complexity index is 1130. The number of carbonyl (C=O) groups is 3. The Balaban J connectivity index is 1.21. The van der Waals surface area contributed by atoms with E-state index in [2.05, 4.69) is 16.3 Å². The number of carbonyl (C=O) groups excluding carboxylic acids is 3. The van der Waals surface area contributed by atoms with Crippen LogP contribution in [-0.4, -0.2) is 52.8 Å². The summed E-state index contributed by atoms with van der Waals surface area (Å²) >= 11 is 0. The lowest BCUT2D eigenvalue weighted by molar-refractivity contribution is 0.0475. The molecule has 1 saturated carbocycles. The summed E-state index contributed by atoms with van der Waals surface area (Å²) in [4.78, 5) is 42.4. The molecule has 3 amide bonds. The lowest BCUT2D eigenvalue weighted by atomic mass is 10.0. The highest BCUT2D eigenvalue weighted by Crippen LogP contribution is 2.37. The summed E-state index contributed by atoms with van der Waals surface area (Å²) in [5, 5.41) is 3.03. The third kappa shape index (κ3) is 3.32. The zero-order valence-corrected chi connectivity index (χ0v) is 17.8. The zero-order chi connectivity index (χ0) is 21.8. The zero-order valence-electron chi connectivity index (χ0n) is 17.8. The van der Waals surface area contributed by atoms with Gasteiger partial charge in [-0.3, -0.25) is 24.2 Å². The van der Waals surface area contributed by atoms with Gasteiger partial charge >= 0.3 is 0 Å². The van der Waals surface area contributed by atoms with Gasteiger partial charge < -0.3 is 10.1 Å². The lowest BCUT2D eigenvalue weighted by Gasteiger charge is -2.17. The molecule has 1 aliphatic carbocycles. The average Bonchev–Trinajstić information content (AvgIpc) is 3.25. The largest absolute Gasteiger partial charge is 0.376 e. The Labute approximate surface area is 186 Å². The molecule has 3 heterocycles. The third-order valence-electron chi connectivity index (χ3n) is 6.96. The highest BCUT2D eigenvalue weighted by atomic mass is 16.5. The fourth-order valence-electron chi connectivity index (χ4n) is 5.05. The number of ether oxygens (including phenoxy) is 1. The molecule has 2 fully saturated rings. The second kappa shape index (κ2) is 7.53. The van der Waals surface area contributed by atoms with Crippen LogP contribution < -0.4 is 5.32 Å². The summed E-state index contributed by atoms with van der Waals surface area (Å²) in [5.74, 6) is -0.937. The van der Waals surface area contributed by atoms with Crippen LogP contribution in [0.4, 0.5) is 5.69 Å². The van der Waals surface area contributed by atoms with Crippen LogP contribution in [0.3, 0.4) is 0 Å². The van der Waals surface area contributed by atoms with E-state index in [4.69, 9.17) is 4.74 Å². The number of rotatable bonds is 5. The van der Waals surface area contributed by atoms with E-state index >= 15 is 0 Å². The van der Waals surface area contributed by atoms with Crippen molar-refractivity contribution in [2.24, 2.45) is 0 Å². The summed E-state index contributed by atoms with van der Waals surface area (Å²) < 4.78 is 5.59. The van der Waals surface area contributed by atoms with Crippen molar-refractivity contribution in [3.05, 3.63) is 64.2 Å². The van der Waals surface area contributed by atoms with Crippen LogP contribution in [-0.2, 0) is 17.8 Å². The molecule has 1 saturated heterocycles. The van der Waals surface area contributed by atoms with Crippen LogP contribution in [0.5, 0.6) is 0 Å². The molecule has 0 spiro atoms. The van der Waals surface area contributed by atoms with E-state index in [9.17, 15) is 14.4 Å². The first kappa shape index (κ1) is 19.6. The van der Waals surface area contributed by atoms with Gasteiger partial charge in [-0.1, -0.05) is 12.1 Å². The number of hydrogen-bond acceptors (Lipinski definition) is 5. The van der Waals surface area contributed by atoms with Crippen molar-refractivity contribution in [1.29, 1.82) is 0 Å². The number of fused-ring (bicyclic) bond motifs is 2. The molecule has 1 atom stereocenters. The van der Waals surface area contributed by atoms with Crippen LogP contribution in [0.15, 0.2) is 36.4 Å². The smallest absolute Gasteiger partial charge is 0.261 e. The highest BCUT2D eigenvalue weighted by molar-refractivity contribution is 6.22. The number of imide groups is 1. The summed E-state index contributed by atoms with van der Waals surface area (Å²) in [6.07, 6.45) is 4.19. The van der Waals surface area contributed by atoms with E-state index in [0.717, 1.165) is 31.6 Å². The predicted octanol–water partition coefficient (Wildman–Crippen LogP) is 3.19. The van der Waals surface area contributed by atoms with E-state index in [0.29, 0.717) is 29.3 Å². The Hall–Kier alpha value is -3.03. The van der Waals surface area contributed by atoms with Crippen LogP contribution in [0.1, 0.15) is 67.9 Å². The summed E-state index contributed by atoms with van der Waals surface area (Å²) in [6.45, 7) is 2.72. The maximum atomic E-state index is 13.0. The number of benzene rings is 2. The summed E-state index contributed by atoms with van der Waals surface area (Å²) in [6, 6.07) is 11.4. The fraction of sp³-hybridized carbons (Fsp3) is 0.400. The Morgan fingerprint density at radius 2 is 1.88 bits per heavy atom. The normalized spacial score (nSPS) is 22.4. The number of nitrogens with one attached hydrogen (secondary N) is 1. The second-order valence-electron chi connectivity index (χ2n) is 9.15. The van der Waals surface area contributed by atoms with E-state index < -0.39 is 0 Å². The molecule has 3 aliphatic heterocycles. The molecule has 6 rings (SSSR count). The van der Waals surface area contributed by atoms with Gasteiger partial charge in [0.2, 0.25) is 0 Å². The molecule has 0 bridgehead atoms. The van der Waals surface area contributed by atoms with Crippen molar-refractivity contribution >= 4 is 23.4 Å². The minimum absolute atomic E-state index is 0.102. The van der Waals surface area contributed by atoms with Crippen molar-refractivity contribution in [3.8, 4) is 0 Å². The van der Waals surface area contributed by atoms with Gasteiger partial charge in [-0.25, -0.2) is 0 Å². The minimum Gasteiger partial charge on any atom is -0.376 e. The number of nitrogens with zero attached hydrogens (tertiary/aromatic N) is 2. The third-order valence-corrected chi connectivity index (χ3v) is 6.96. The molecule has 1 N–H and O–H groups in total. The molecule has 0 radical (unpaired) electrons. The average molecular weight is 431 g/mol. The van der Waals surface area contributed by atoms with Crippen molar-refractivity contribution in [1.82, 2.24) is 9.80 Å². The second-order valence-corrected chi connectivity index (χ2v) is 9.15. The monoisotopic (exact) mass is 431 g/mol. The van der Waals surface area contributed by atoms with Gasteiger partial charge in [0, 0.05) is 37.0 Å². The van der Waals surface area contributed by atoms with Gasteiger partial charge in [0.05, 0.1) is 23.8 Å². The topological polar surface area (TPSA) is 79.0 Å². The standard InChI is InChI=1S/C25H25N3O4/c29-23(26-22-5-1-3-16-12-27(14-21(16)22)17-7-8-17)15-6-9-19-20(11-15)25(31)28(24(19)30)13-18-4-2-10-32-18/h1,3,5-6,9,11,17-18H,2,4,7-8,10,12-14H2,(H,26,29)/t18-/m0/s1. The van der Waals surface area contributed by atoms with Gasteiger partial charge in [0.1, 0.15) is 0 Å².